The van der Waals surface area contributed by atoms with E-state index in [4.69, 9.17) is 14.6 Å². The summed E-state index contributed by atoms with van der Waals surface area (Å²) in [5.74, 6) is 1.70. The monoisotopic (exact) mass is 462 g/mol. The summed E-state index contributed by atoms with van der Waals surface area (Å²) in [6, 6.07) is 23.1. The number of rotatable bonds is 4. The Bertz CT molecular complexity index is 1110. The average molecular weight is 463 g/mol. The van der Waals surface area contributed by atoms with Crippen molar-refractivity contribution in [2.45, 2.75) is 32.0 Å². The molecule has 0 saturated carbocycles. The smallest absolute Gasteiger partial charge is 0.217 e. The molecule has 3 aromatic carbocycles. The highest BCUT2D eigenvalue weighted by atomic mass is 79.9. The van der Waals surface area contributed by atoms with Gasteiger partial charge in [0, 0.05) is 16.5 Å². The third kappa shape index (κ3) is 3.27. The Labute approximate surface area is 185 Å². The molecule has 4 nitrogen and oxygen atoms in total. The van der Waals surface area contributed by atoms with Gasteiger partial charge in [0.2, 0.25) is 6.23 Å². The lowest BCUT2D eigenvalue weighted by Gasteiger charge is -2.38. The fourth-order valence-electron chi connectivity index (χ4n) is 4.24. The van der Waals surface area contributed by atoms with Gasteiger partial charge in [-0.1, -0.05) is 65.3 Å². The van der Waals surface area contributed by atoms with Gasteiger partial charge in [-0.15, -0.1) is 0 Å². The SMILES string of the molecule is CCc1ccc(C2=NN3C(C2)c2ccccc2OC3c2cc(Br)ccc2OC)cc1. The maximum absolute atomic E-state index is 6.47. The number of ether oxygens (including phenoxy) is 2. The van der Waals surface area contributed by atoms with Gasteiger partial charge < -0.3 is 9.47 Å². The molecule has 152 valence electrons. The van der Waals surface area contributed by atoms with Crippen molar-refractivity contribution in [3.8, 4) is 11.5 Å². The van der Waals surface area contributed by atoms with E-state index in [1.807, 2.05) is 24.3 Å². The molecule has 0 bridgehead atoms. The highest BCUT2D eigenvalue weighted by Gasteiger charge is 2.41. The zero-order valence-electron chi connectivity index (χ0n) is 17.0. The van der Waals surface area contributed by atoms with E-state index in [1.54, 1.807) is 7.11 Å². The van der Waals surface area contributed by atoms with E-state index in [1.165, 1.54) is 16.7 Å². The predicted molar refractivity (Wildman–Crippen MR) is 122 cm³/mol. The van der Waals surface area contributed by atoms with Crippen LogP contribution in [0.5, 0.6) is 11.5 Å². The Morgan fingerprint density at radius 2 is 1.87 bits per heavy atom. The minimum Gasteiger partial charge on any atom is -0.496 e. The maximum atomic E-state index is 6.47. The van der Waals surface area contributed by atoms with E-state index in [-0.39, 0.29) is 12.3 Å². The first kappa shape index (κ1) is 19.2. The van der Waals surface area contributed by atoms with Gasteiger partial charge in [0.1, 0.15) is 11.5 Å². The highest BCUT2D eigenvalue weighted by Crippen LogP contribution is 2.49. The topological polar surface area (TPSA) is 34.1 Å². The number of hydrogen-bond donors (Lipinski definition) is 0. The number of hydrazone groups is 1. The van der Waals surface area contributed by atoms with Crippen molar-refractivity contribution < 1.29 is 9.47 Å². The van der Waals surface area contributed by atoms with Crippen molar-refractivity contribution in [2.24, 2.45) is 5.10 Å². The first-order chi connectivity index (χ1) is 14.7. The maximum Gasteiger partial charge on any atom is 0.217 e. The van der Waals surface area contributed by atoms with Gasteiger partial charge in [-0.2, -0.15) is 5.10 Å². The van der Waals surface area contributed by atoms with Crippen molar-refractivity contribution >= 4 is 21.6 Å². The second-order valence-electron chi connectivity index (χ2n) is 7.59. The zero-order valence-corrected chi connectivity index (χ0v) is 18.6. The highest BCUT2D eigenvalue weighted by molar-refractivity contribution is 9.10. The van der Waals surface area contributed by atoms with E-state index < -0.39 is 0 Å². The third-order valence-electron chi connectivity index (χ3n) is 5.85. The van der Waals surface area contributed by atoms with Crippen molar-refractivity contribution in [2.75, 3.05) is 7.11 Å². The largest absolute Gasteiger partial charge is 0.496 e. The molecule has 0 fully saturated rings. The van der Waals surface area contributed by atoms with E-state index in [9.17, 15) is 0 Å². The second kappa shape index (κ2) is 7.80. The molecule has 2 heterocycles. The van der Waals surface area contributed by atoms with Crippen LogP contribution in [0.15, 0.2) is 76.3 Å². The van der Waals surface area contributed by atoms with Gasteiger partial charge in [0.05, 0.1) is 24.4 Å². The molecule has 0 radical (unpaired) electrons. The summed E-state index contributed by atoms with van der Waals surface area (Å²) in [5, 5.41) is 7.14. The van der Waals surface area contributed by atoms with Crippen molar-refractivity contribution in [1.82, 2.24) is 5.01 Å². The molecule has 5 heteroatoms. The Balaban J connectivity index is 1.60. The van der Waals surface area contributed by atoms with Gasteiger partial charge >= 0.3 is 0 Å². The normalized spacial score (nSPS) is 19.6. The van der Waals surface area contributed by atoms with E-state index in [0.717, 1.165) is 40.1 Å². The summed E-state index contributed by atoms with van der Waals surface area (Å²) in [7, 11) is 1.69. The molecule has 5 rings (SSSR count). The summed E-state index contributed by atoms with van der Waals surface area (Å²) in [4.78, 5) is 0. The molecule has 2 aliphatic heterocycles. The summed E-state index contributed by atoms with van der Waals surface area (Å²) in [5.41, 5.74) is 5.71. The lowest BCUT2D eigenvalue weighted by Crippen LogP contribution is -2.33. The molecule has 0 amide bonds. The zero-order chi connectivity index (χ0) is 20.7. The molecule has 0 spiro atoms. The standard InChI is InChI=1S/C25H23BrN2O2/c1-3-16-8-10-17(11-9-16)21-15-22-19-6-4-5-7-24(19)30-25(28(22)27-21)20-14-18(26)12-13-23(20)29-2/h4-14,22,25H,3,15H2,1-2H3. The minimum absolute atomic E-state index is 0.129. The Kier molecular flexibility index (Phi) is 4.99. The number of benzene rings is 3. The number of halogens is 1. The van der Waals surface area contributed by atoms with Crippen LogP contribution in [-0.2, 0) is 6.42 Å². The summed E-state index contributed by atoms with van der Waals surface area (Å²) < 4.78 is 13.1. The molecule has 2 atom stereocenters. The van der Waals surface area contributed by atoms with Crippen LogP contribution in [0.2, 0.25) is 0 Å². The first-order valence-electron chi connectivity index (χ1n) is 10.2. The molecule has 0 aromatic heterocycles. The first-order valence-corrected chi connectivity index (χ1v) is 11.0. The molecular formula is C25H23BrN2O2. The van der Waals surface area contributed by atoms with Crippen molar-refractivity contribution in [3.05, 3.63) is 93.5 Å². The third-order valence-corrected chi connectivity index (χ3v) is 6.35. The molecular weight excluding hydrogens is 440 g/mol. The fraction of sp³-hybridized carbons (Fsp3) is 0.240. The molecule has 3 aromatic rings. The summed E-state index contributed by atoms with van der Waals surface area (Å²) in [6.07, 6.45) is 1.52. The van der Waals surface area contributed by atoms with Crippen LogP contribution in [0.25, 0.3) is 0 Å². The summed E-state index contributed by atoms with van der Waals surface area (Å²) in [6.45, 7) is 2.17. The van der Waals surface area contributed by atoms with E-state index in [2.05, 4.69) is 70.3 Å². The van der Waals surface area contributed by atoms with Gasteiger partial charge in [0.15, 0.2) is 0 Å². The lowest BCUT2D eigenvalue weighted by molar-refractivity contribution is -0.0203. The number of fused-ring (bicyclic) bond motifs is 3. The quantitative estimate of drug-likeness (QED) is 0.458. The van der Waals surface area contributed by atoms with Crippen molar-refractivity contribution in [1.29, 1.82) is 0 Å². The van der Waals surface area contributed by atoms with Crippen LogP contribution >= 0.6 is 15.9 Å². The molecule has 0 aliphatic carbocycles. The number of para-hydroxylation sites is 1. The van der Waals surface area contributed by atoms with Crippen LogP contribution in [0.4, 0.5) is 0 Å². The number of aryl methyl sites for hydroxylation is 1. The van der Waals surface area contributed by atoms with Gasteiger partial charge in [-0.05, 0) is 41.8 Å². The van der Waals surface area contributed by atoms with Crippen LogP contribution in [0, 0.1) is 0 Å². The second-order valence-corrected chi connectivity index (χ2v) is 8.51. The van der Waals surface area contributed by atoms with Gasteiger partial charge in [-0.25, -0.2) is 5.01 Å². The van der Waals surface area contributed by atoms with Crippen LogP contribution in [0.1, 0.15) is 47.9 Å². The van der Waals surface area contributed by atoms with Gasteiger partial charge in [0.25, 0.3) is 0 Å². The number of hydrogen-bond acceptors (Lipinski definition) is 4. The Morgan fingerprint density at radius 1 is 1.07 bits per heavy atom. The molecule has 30 heavy (non-hydrogen) atoms. The van der Waals surface area contributed by atoms with Crippen LogP contribution < -0.4 is 9.47 Å². The number of nitrogens with zero attached hydrogens (tertiary/aromatic N) is 2. The van der Waals surface area contributed by atoms with Crippen molar-refractivity contribution in [3.63, 3.8) is 0 Å². The number of methoxy groups -OCH3 is 1. The molecule has 2 unspecified atom stereocenters. The van der Waals surface area contributed by atoms with E-state index >= 15 is 0 Å². The molecule has 2 aliphatic rings. The van der Waals surface area contributed by atoms with Gasteiger partial charge in [-0.3, -0.25) is 0 Å². The average Bonchev–Trinajstić information content (AvgIpc) is 3.24. The molecule has 0 N–H and O–H groups in total. The molecule has 0 saturated heterocycles. The lowest BCUT2D eigenvalue weighted by atomic mass is 9.95. The van der Waals surface area contributed by atoms with Crippen LogP contribution in [-0.4, -0.2) is 17.8 Å². The summed E-state index contributed by atoms with van der Waals surface area (Å²) >= 11 is 3.59. The Morgan fingerprint density at radius 3 is 2.63 bits per heavy atom. The van der Waals surface area contributed by atoms with E-state index in [0.29, 0.717) is 0 Å². The van der Waals surface area contributed by atoms with Crippen LogP contribution in [0.3, 0.4) is 0 Å². The minimum atomic E-state index is -0.357. The fourth-order valence-corrected chi connectivity index (χ4v) is 4.62. The Hall–Kier alpha value is -2.79. The predicted octanol–water partition coefficient (Wildman–Crippen LogP) is 6.26.